The van der Waals surface area contributed by atoms with Crippen molar-refractivity contribution in [2.24, 2.45) is 0 Å². The summed E-state index contributed by atoms with van der Waals surface area (Å²) >= 11 is 1.64. The second-order valence-corrected chi connectivity index (χ2v) is 5.72. The maximum atomic E-state index is 11.6. The Kier molecular flexibility index (Phi) is 5.30. The first kappa shape index (κ1) is 14.7. The molecular weight excluding hydrogens is 268 g/mol. The third kappa shape index (κ3) is 4.17. The van der Waals surface area contributed by atoms with E-state index in [0.717, 1.165) is 29.2 Å². The molecular formula is C16H20N2OS. The Bertz CT molecular complexity index is 577. The molecule has 0 spiro atoms. The summed E-state index contributed by atoms with van der Waals surface area (Å²) in [5, 5.41) is 5.96. The van der Waals surface area contributed by atoms with Crippen molar-refractivity contribution in [3.05, 3.63) is 40.9 Å². The van der Waals surface area contributed by atoms with Gasteiger partial charge >= 0.3 is 0 Å². The number of hydrogen-bond donors (Lipinski definition) is 1. The molecule has 0 bridgehead atoms. The number of aromatic nitrogens is 1. The summed E-state index contributed by atoms with van der Waals surface area (Å²) in [7, 11) is 0. The van der Waals surface area contributed by atoms with Gasteiger partial charge in [0.05, 0.1) is 5.69 Å². The van der Waals surface area contributed by atoms with Gasteiger partial charge in [0.15, 0.2) is 0 Å². The molecule has 1 amide bonds. The number of carbonyl (C=O) groups excluding carboxylic acids is 1. The van der Waals surface area contributed by atoms with Gasteiger partial charge in [0, 0.05) is 23.9 Å². The van der Waals surface area contributed by atoms with Crippen LogP contribution in [0.5, 0.6) is 0 Å². The summed E-state index contributed by atoms with van der Waals surface area (Å²) in [5.41, 5.74) is 3.38. The van der Waals surface area contributed by atoms with Gasteiger partial charge in [0.2, 0.25) is 5.91 Å². The van der Waals surface area contributed by atoms with E-state index in [1.165, 1.54) is 5.56 Å². The molecule has 4 heteroatoms. The van der Waals surface area contributed by atoms with Crippen LogP contribution in [-0.4, -0.2) is 17.4 Å². The lowest BCUT2D eigenvalue weighted by molar-refractivity contribution is -0.121. The molecule has 0 radical (unpaired) electrons. The predicted molar refractivity (Wildman–Crippen MR) is 83.9 cm³/mol. The molecule has 3 nitrogen and oxygen atoms in total. The van der Waals surface area contributed by atoms with Crippen molar-refractivity contribution in [3.8, 4) is 10.6 Å². The monoisotopic (exact) mass is 288 g/mol. The molecule has 1 aromatic heterocycles. The van der Waals surface area contributed by atoms with Crippen LogP contribution in [0, 0.1) is 6.92 Å². The van der Waals surface area contributed by atoms with E-state index in [-0.39, 0.29) is 5.91 Å². The van der Waals surface area contributed by atoms with E-state index in [1.807, 2.05) is 11.4 Å². The van der Waals surface area contributed by atoms with Crippen molar-refractivity contribution < 1.29 is 4.79 Å². The Balaban J connectivity index is 1.94. The van der Waals surface area contributed by atoms with Gasteiger partial charge in [0.1, 0.15) is 5.01 Å². The quantitative estimate of drug-likeness (QED) is 0.883. The lowest BCUT2D eigenvalue weighted by atomic mass is 10.1. The number of nitrogens with one attached hydrogen (secondary N) is 1. The van der Waals surface area contributed by atoms with E-state index in [2.05, 4.69) is 42.3 Å². The summed E-state index contributed by atoms with van der Waals surface area (Å²) in [4.78, 5) is 16.2. The summed E-state index contributed by atoms with van der Waals surface area (Å²) in [6.07, 6.45) is 2.19. The minimum absolute atomic E-state index is 0.108. The average molecular weight is 288 g/mol. The molecule has 0 saturated carbocycles. The van der Waals surface area contributed by atoms with Crippen LogP contribution in [0.2, 0.25) is 0 Å². The molecule has 0 unspecified atom stereocenters. The summed E-state index contributed by atoms with van der Waals surface area (Å²) in [6, 6.07) is 8.33. The third-order valence-electron chi connectivity index (χ3n) is 3.00. The molecule has 0 saturated heterocycles. The van der Waals surface area contributed by atoms with Crippen LogP contribution in [-0.2, 0) is 11.2 Å². The van der Waals surface area contributed by atoms with Crippen LogP contribution in [0.25, 0.3) is 10.6 Å². The number of benzene rings is 1. The third-order valence-corrected chi connectivity index (χ3v) is 3.94. The second kappa shape index (κ2) is 7.20. The molecule has 0 aliphatic rings. The SMILES string of the molecule is CCCNC(=O)CCc1csc(-c2cccc(C)c2)n1. The molecule has 1 N–H and O–H groups in total. The Morgan fingerprint density at radius 1 is 1.40 bits per heavy atom. The minimum Gasteiger partial charge on any atom is -0.356 e. The first-order valence-electron chi connectivity index (χ1n) is 6.97. The summed E-state index contributed by atoms with van der Waals surface area (Å²) in [6.45, 7) is 4.88. The highest BCUT2D eigenvalue weighted by molar-refractivity contribution is 7.13. The van der Waals surface area contributed by atoms with Crippen molar-refractivity contribution in [1.29, 1.82) is 0 Å². The smallest absolute Gasteiger partial charge is 0.220 e. The molecule has 106 valence electrons. The van der Waals surface area contributed by atoms with Crippen LogP contribution in [0.4, 0.5) is 0 Å². The lowest BCUT2D eigenvalue weighted by Crippen LogP contribution is -2.24. The van der Waals surface area contributed by atoms with Crippen molar-refractivity contribution in [1.82, 2.24) is 10.3 Å². The largest absolute Gasteiger partial charge is 0.356 e. The minimum atomic E-state index is 0.108. The van der Waals surface area contributed by atoms with Crippen molar-refractivity contribution in [2.45, 2.75) is 33.1 Å². The molecule has 0 atom stereocenters. The number of thiazole rings is 1. The highest BCUT2D eigenvalue weighted by atomic mass is 32.1. The molecule has 0 aliphatic heterocycles. The molecule has 0 aliphatic carbocycles. The standard InChI is InChI=1S/C16H20N2OS/c1-3-9-17-15(19)8-7-14-11-20-16(18-14)13-6-4-5-12(2)10-13/h4-6,10-11H,3,7-9H2,1-2H3,(H,17,19). The molecule has 2 rings (SSSR count). The van der Waals surface area contributed by atoms with Crippen LogP contribution >= 0.6 is 11.3 Å². The first-order chi connectivity index (χ1) is 9.69. The van der Waals surface area contributed by atoms with Crippen LogP contribution in [0.15, 0.2) is 29.6 Å². The van der Waals surface area contributed by atoms with Crippen LogP contribution < -0.4 is 5.32 Å². The fraction of sp³-hybridized carbons (Fsp3) is 0.375. The maximum absolute atomic E-state index is 11.6. The Morgan fingerprint density at radius 2 is 2.25 bits per heavy atom. The topological polar surface area (TPSA) is 42.0 Å². The van der Waals surface area contributed by atoms with Crippen molar-refractivity contribution >= 4 is 17.2 Å². The zero-order valence-electron chi connectivity index (χ0n) is 12.0. The predicted octanol–water partition coefficient (Wildman–Crippen LogP) is 3.58. The van der Waals surface area contributed by atoms with Gasteiger partial charge in [-0.2, -0.15) is 0 Å². The van der Waals surface area contributed by atoms with Gasteiger partial charge in [-0.25, -0.2) is 4.98 Å². The second-order valence-electron chi connectivity index (χ2n) is 4.86. The van der Waals surface area contributed by atoms with Crippen LogP contribution in [0.1, 0.15) is 31.0 Å². The number of rotatable bonds is 6. The zero-order chi connectivity index (χ0) is 14.4. The molecule has 2 aromatic rings. The van der Waals surface area contributed by atoms with E-state index in [9.17, 15) is 4.79 Å². The Morgan fingerprint density at radius 3 is 3.00 bits per heavy atom. The number of amides is 1. The van der Waals surface area contributed by atoms with Gasteiger partial charge in [0.25, 0.3) is 0 Å². The first-order valence-corrected chi connectivity index (χ1v) is 7.85. The van der Waals surface area contributed by atoms with E-state index >= 15 is 0 Å². The normalized spacial score (nSPS) is 10.5. The van der Waals surface area contributed by atoms with Gasteiger partial charge < -0.3 is 5.32 Å². The molecule has 20 heavy (non-hydrogen) atoms. The molecule has 0 fully saturated rings. The zero-order valence-corrected chi connectivity index (χ0v) is 12.8. The van der Waals surface area contributed by atoms with E-state index in [1.54, 1.807) is 11.3 Å². The van der Waals surface area contributed by atoms with Gasteiger partial charge in [-0.1, -0.05) is 30.7 Å². The number of carbonyl (C=O) groups is 1. The highest BCUT2D eigenvalue weighted by Crippen LogP contribution is 2.24. The molecule has 1 aromatic carbocycles. The van der Waals surface area contributed by atoms with Gasteiger partial charge in [-0.3, -0.25) is 4.79 Å². The fourth-order valence-corrected chi connectivity index (χ4v) is 2.78. The number of nitrogens with zero attached hydrogens (tertiary/aromatic N) is 1. The maximum Gasteiger partial charge on any atom is 0.220 e. The Labute approximate surface area is 124 Å². The van der Waals surface area contributed by atoms with Crippen LogP contribution in [0.3, 0.4) is 0 Å². The van der Waals surface area contributed by atoms with Gasteiger partial charge in [-0.15, -0.1) is 11.3 Å². The fourth-order valence-electron chi connectivity index (χ4n) is 1.93. The summed E-state index contributed by atoms with van der Waals surface area (Å²) < 4.78 is 0. The van der Waals surface area contributed by atoms with E-state index in [4.69, 9.17) is 0 Å². The van der Waals surface area contributed by atoms with Gasteiger partial charge in [-0.05, 0) is 25.8 Å². The highest BCUT2D eigenvalue weighted by Gasteiger charge is 2.07. The molecule has 1 heterocycles. The van der Waals surface area contributed by atoms with E-state index in [0.29, 0.717) is 12.8 Å². The van der Waals surface area contributed by atoms with Crippen molar-refractivity contribution in [2.75, 3.05) is 6.54 Å². The number of aryl methyl sites for hydroxylation is 2. The number of hydrogen-bond acceptors (Lipinski definition) is 3. The average Bonchev–Trinajstić information content (AvgIpc) is 2.92. The van der Waals surface area contributed by atoms with Crippen molar-refractivity contribution in [3.63, 3.8) is 0 Å². The Hall–Kier alpha value is -1.68. The van der Waals surface area contributed by atoms with E-state index < -0.39 is 0 Å². The lowest BCUT2D eigenvalue weighted by Gasteiger charge is -2.01. The summed E-state index contributed by atoms with van der Waals surface area (Å²) in [5.74, 6) is 0.108.